The van der Waals surface area contributed by atoms with Crippen LogP contribution in [0, 0.1) is 5.41 Å². The van der Waals surface area contributed by atoms with Gasteiger partial charge in [-0.05, 0) is 70.5 Å². The van der Waals surface area contributed by atoms with Gasteiger partial charge in [0, 0.05) is 55.0 Å². The van der Waals surface area contributed by atoms with Crippen LogP contribution in [0.1, 0.15) is 63.8 Å². The maximum Gasteiger partial charge on any atom is 0.131 e. The lowest BCUT2D eigenvalue weighted by molar-refractivity contribution is 0.590. The number of hydrogen-bond donors (Lipinski definition) is 4. The van der Waals surface area contributed by atoms with Gasteiger partial charge in [-0.3, -0.25) is 5.41 Å². The Morgan fingerprint density at radius 1 is 0.571 bits per heavy atom. The van der Waals surface area contributed by atoms with E-state index in [1.54, 1.807) is 0 Å². The number of para-hydroxylation sites is 3. The van der Waals surface area contributed by atoms with Gasteiger partial charge in [-0.25, -0.2) is 4.98 Å². The maximum atomic E-state index is 9.71. The van der Waals surface area contributed by atoms with Gasteiger partial charge in [0.2, 0.25) is 0 Å². The molecule has 49 heavy (non-hydrogen) atoms. The summed E-state index contributed by atoms with van der Waals surface area (Å²) in [6, 6.07) is 40.1. The first-order chi connectivity index (χ1) is 23.5. The topological polar surface area (TPSA) is 80.4 Å². The average Bonchev–Trinajstić information content (AvgIpc) is 3.65. The van der Waals surface area contributed by atoms with E-state index in [2.05, 4.69) is 136 Å². The van der Waals surface area contributed by atoms with Crippen LogP contribution >= 0.6 is 0 Å². The van der Waals surface area contributed by atoms with Crippen LogP contribution in [0.5, 0.6) is 0 Å². The minimum Gasteiger partial charge on any atom is -0.354 e. The van der Waals surface area contributed by atoms with Crippen molar-refractivity contribution < 1.29 is 0 Å². The zero-order valence-electron chi connectivity index (χ0n) is 28.9. The molecule has 0 spiro atoms. The lowest BCUT2D eigenvalue weighted by atomic mass is 9.83. The van der Waals surface area contributed by atoms with Gasteiger partial charge in [-0.15, -0.1) is 0 Å². The third-order valence-corrected chi connectivity index (χ3v) is 9.73. The third-order valence-electron chi connectivity index (χ3n) is 9.73. The van der Waals surface area contributed by atoms with Crippen molar-refractivity contribution in [1.29, 1.82) is 5.41 Å². The molecule has 0 radical (unpaired) electrons. The maximum absolute atomic E-state index is 9.71. The molecule has 0 aliphatic carbocycles. The van der Waals surface area contributed by atoms with E-state index in [0.29, 0.717) is 5.71 Å². The standard InChI is InChI=1S/C44H41N5/c1-43(2,3)26-21-22-38-32(23-26)33-24-27(44(4,5)6)25-34(42(33)49-38)40(45)30-14-8-10-18-36(30)46-39-20-12-19-37(47-39)31-16-11-15-29-28-13-7-9-17-35(28)48-41(29)31/h7-25,45,48-49H,1-6H3,(H,46,47). The number of aromatic amines is 2. The molecule has 0 amide bonds. The Hall–Kier alpha value is -5.68. The predicted molar refractivity (Wildman–Crippen MR) is 208 cm³/mol. The molecule has 5 heteroatoms. The van der Waals surface area contributed by atoms with Crippen molar-refractivity contribution in [2.45, 2.75) is 52.4 Å². The fourth-order valence-electron chi connectivity index (χ4n) is 6.93. The number of nitrogens with zero attached hydrogens (tertiary/aromatic N) is 1. The lowest BCUT2D eigenvalue weighted by Crippen LogP contribution is -2.14. The summed E-state index contributed by atoms with van der Waals surface area (Å²) in [7, 11) is 0. The number of nitrogens with one attached hydrogen (secondary N) is 4. The summed E-state index contributed by atoms with van der Waals surface area (Å²) in [6.07, 6.45) is 0. The van der Waals surface area contributed by atoms with E-state index in [-0.39, 0.29) is 10.8 Å². The lowest BCUT2D eigenvalue weighted by Gasteiger charge is -2.22. The van der Waals surface area contributed by atoms with Crippen molar-refractivity contribution in [3.63, 3.8) is 0 Å². The van der Waals surface area contributed by atoms with Gasteiger partial charge in [0.1, 0.15) is 5.82 Å². The number of benzene rings is 5. The van der Waals surface area contributed by atoms with Crippen molar-refractivity contribution in [3.05, 3.63) is 138 Å². The van der Waals surface area contributed by atoms with Gasteiger partial charge in [0.15, 0.2) is 0 Å². The Balaban J connectivity index is 1.21. The Kier molecular flexibility index (Phi) is 7.00. The first-order valence-electron chi connectivity index (χ1n) is 17.0. The first-order valence-corrected chi connectivity index (χ1v) is 17.0. The van der Waals surface area contributed by atoms with Gasteiger partial charge in [0.05, 0.1) is 22.4 Å². The van der Waals surface area contributed by atoms with Gasteiger partial charge >= 0.3 is 0 Å². The highest BCUT2D eigenvalue weighted by atomic mass is 15.0. The van der Waals surface area contributed by atoms with Gasteiger partial charge in [-0.2, -0.15) is 0 Å². The largest absolute Gasteiger partial charge is 0.354 e. The van der Waals surface area contributed by atoms with Crippen LogP contribution in [-0.4, -0.2) is 20.7 Å². The van der Waals surface area contributed by atoms with Crippen molar-refractivity contribution in [2.24, 2.45) is 0 Å². The fraction of sp³-hybridized carbons (Fsp3) is 0.182. The van der Waals surface area contributed by atoms with Gasteiger partial charge < -0.3 is 15.3 Å². The van der Waals surface area contributed by atoms with Crippen LogP contribution < -0.4 is 5.32 Å². The van der Waals surface area contributed by atoms with Crippen molar-refractivity contribution in [1.82, 2.24) is 15.0 Å². The molecule has 3 aromatic heterocycles. The first kappa shape index (κ1) is 30.6. The average molecular weight is 640 g/mol. The molecule has 0 atom stereocenters. The molecular formula is C44H41N5. The monoisotopic (exact) mass is 639 g/mol. The number of rotatable bonds is 5. The number of hydrogen-bond acceptors (Lipinski definition) is 3. The number of anilines is 2. The molecule has 8 rings (SSSR count). The summed E-state index contributed by atoms with van der Waals surface area (Å²) in [6.45, 7) is 13.5. The summed E-state index contributed by atoms with van der Waals surface area (Å²) < 4.78 is 0. The van der Waals surface area contributed by atoms with Crippen molar-refractivity contribution in [3.8, 4) is 11.3 Å². The molecular weight excluding hydrogens is 599 g/mol. The van der Waals surface area contributed by atoms with E-state index in [9.17, 15) is 5.41 Å². The highest BCUT2D eigenvalue weighted by Gasteiger charge is 2.23. The molecule has 4 N–H and O–H groups in total. The smallest absolute Gasteiger partial charge is 0.131 e. The normalized spacial score (nSPS) is 12.4. The number of fused-ring (bicyclic) bond motifs is 6. The summed E-state index contributed by atoms with van der Waals surface area (Å²) in [5, 5.41) is 18.0. The van der Waals surface area contributed by atoms with E-state index in [4.69, 9.17) is 4.98 Å². The van der Waals surface area contributed by atoms with Crippen molar-refractivity contribution >= 4 is 60.8 Å². The van der Waals surface area contributed by atoms with Crippen LogP contribution in [0.25, 0.3) is 54.9 Å². The minimum absolute atomic E-state index is 0.0347. The summed E-state index contributed by atoms with van der Waals surface area (Å²) in [4.78, 5) is 12.4. The Labute approximate surface area is 286 Å². The van der Waals surface area contributed by atoms with Gasteiger partial charge in [0.25, 0.3) is 0 Å². The molecule has 5 aromatic carbocycles. The van der Waals surface area contributed by atoms with E-state index in [1.165, 1.54) is 27.3 Å². The van der Waals surface area contributed by atoms with Crippen LogP contribution in [0.15, 0.2) is 115 Å². The molecule has 0 aliphatic heterocycles. The second kappa shape index (κ2) is 11.2. The molecule has 0 saturated heterocycles. The summed E-state index contributed by atoms with van der Waals surface area (Å²) in [5.41, 5.74) is 11.6. The highest BCUT2D eigenvalue weighted by molar-refractivity contribution is 6.23. The number of pyridine rings is 1. The van der Waals surface area contributed by atoms with E-state index in [1.807, 2.05) is 36.4 Å². The fourth-order valence-corrected chi connectivity index (χ4v) is 6.93. The Morgan fingerprint density at radius 3 is 2.06 bits per heavy atom. The van der Waals surface area contributed by atoms with Crippen molar-refractivity contribution in [2.75, 3.05) is 5.32 Å². The molecule has 3 heterocycles. The van der Waals surface area contributed by atoms with Crippen LogP contribution in [0.3, 0.4) is 0 Å². The zero-order chi connectivity index (χ0) is 34.1. The molecule has 0 unspecified atom stereocenters. The molecule has 0 aliphatic rings. The zero-order valence-corrected chi connectivity index (χ0v) is 28.9. The number of aromatic nitrogens is 3. The van der Waals surface area contributed by atoms with E-state index in [0.717, 1.165) is 61.3 Å². The Morgan fingerprint density at radius 2 is 1.24 bits per heavy atom. The van der Waals surface area contributed by atoms with Gasteiger partial charge in [-0.1, -0.05) is 108 Å². The van der Waals surface area contributed by atoms with Crippen LogP contribution in [0.4, 0.5) is 11.5 Å². The molecule has 8 aromatic rings. The number of H-pyrrole nitrogens is 2. The second-order valence-corrected chi connectivity index (χ2v) is 15.2. The SMILES string of the molecule is CC(C)(C)c1ccc2[nH]c3c(C(=N)c4ccccc4Nc4cccc(-c5cccc6c5[nH]c5ccccc56)n4)cc(C(C)(C)C)cc3c2c1. The predicted octanol–water partition coefficient (Wildman–Crippen LogP) is 11.8. The minimum atomic E-state index is -0.0928. The molecule has 0 bridgehead atoms. The second-order valence-electron chi connectivity index (χ2n) is 15.2. The highest BCUT2D eigenvalue weighted by Crippen LogP contribution is 2.38. The summed E-state index contributed by atoms with van der Waals surface area (Å²) >= 11 is 0. The quantitative estimate of drug-likeness (QED) is 0.141. The van der Waals surface area contributed by atoms with E-state index >= 15 is 0 Å². The van der Waals surface area contributed by atoms with E-state index < -0.39 is 0 Å². The molecule has 0 saturated carbocycles. The van der Waals surface area contributed by atoms with Crippen LogP contribution in [0.2, 0.25) is 0 Å². The third kappa shape index (κ3) is 5.36. The summed E-state index contributed by atoms with van der Waals surface area (Å²) in [5.74, 6) is 0.722. The van der Waals surface area contributed by atoms with Crippen LogP contribution in [-0.2, 0) is 10.8 Å². The molecule has 0 fully saturated rings. The Bertz CT molecular complexity index is 2570. The molecule has 242 valence electrons. The molecule has 5 nitrogen and oxygen atoms in total.